The Morgan fingerprint density at radius 1 is 1.40 bits per heavy atom. The van der Waals surface area contributed by atoms with Gasteiger partial charge in [0.2, 0.25) is 0 Å². The van der Waals surface area contributed by atoms with E-state index < -0.39 is 0 Å². The molecule has 0 aromatic heterocycles. The van der Waals surface area contributed by atoms with Gasteiger partial charge in [0.25, 0.3) is 0 Å². The van der Waals surface area contributed by atoms with Gasteiger partial charge in [-0.25, -0.2) is 0 Å². The molecule has 1 aromatic rings. The maximum Gasteiger partial charge on any atom is 0.180 e. The molecule has 1 rings (SSSR count). The number of rotatable bonds is 3. The first-order valence-electron chi connectivity index (χ1n) is 4.81. The lowest BCUT2D eigenvalue weighted by Crippen LogP contribution is -2.13. The fourth-order valence-corrected chi connectivity index (χ4v) is 1.83. The number of ether oxygens (including phenoxy) is 1. The summed E-state index contributed by atoms with van der Waals surface area (Å²) in [5.41, 5.74) is 2.73. The van der Waals surface area contributed by atoms with E-state index in [1.807, 2.05) is 32.9 Å². The average Bonchev–Trinajstić information content (AvgIpc) is 2.15. The van der Waals surface area contributed by atoms with Crippen LogP contribution in [0.25, 0.3) is 0 Å². The molecule has 1 aromatic carbocycles. The van der Waals surface area contributed by atoms with Crippen LogP contribution in [0.3, 0.4) is 0 Å². The number of carbonyl (C=O) groups excluding carboxylic acids is 1. The number of methoxy groups -OCH3 is 1. The third-order valence-electron chi connectivity index (χ3n) is 2.27. The van der Waals surface area contributed by atoms with E-state index in [0.717, 1.165) is 11.1 Å². The SMILES string of the molecule is COc1cc(C)cc(C)c1C(=O)C(C)Br. The number of hydrogen-bond donors (Lipinski definition) is 0. The molecule has 15 heavy (non-hydrogen) atoms. The quantitative estimate of drug-likeness (QED) is 0.623. The molecule has 0 fully saturated rings. The third kappa shape index (κ3) is 2.59. The molecule has 0 bridgehead atoms. The molecule has 0 aliphatic carbocycles. The molecular weight excluding hydrogens is 256 g/mol. The minimum Gasteiger partial charge on any atom is -0.496 e. The van der Waals surface area contributed by atoms with E-state index in [9.17, 15) is 4.79 Å². The van der Waals surface area contributed by atoms with Crippen LogP contribution in [0, 0.1) is 13.8 Å². The maximum atomic E-state index is 11.9. The fourth-order valence-electron chi connectivity index (χ4n) is 1.60. The van der Waals surface area contributed by atoms with Gasteiger partial charge in [-0.3, -0.25) is 4.79 Å². The van der Waals surface area contributed by atoms with E-state index in [0.29, 0.717) is 11.3 Å². The predicted molar refractivity (Wildman–Crippen MR) is 65.2 cm³/mol. The zero-order valence-electron chi connectivity index (χ0n) is 9.43. The van der Waals surface area contributed by atoms with Gasteiger partial charge < -0.3 is 4.74 Å². The van der Waals surface area contributed by atoms with E-state index >= 15 is 0 Å². The smallest absolute Gasteiger partial charge is 0.180 e. The first kappa shape index (κ1) is 12.2. The lowest BCUT2D eigenvalue weighted by Gasteiger charge is -2.13. The second kappa shape index (κ2) is 4.79. The summed E-state index contributed by atoms with van der Waals surface area (Å²) < 4.78 is 5.24. The highest BCUT2D eigenvalue weighted by Gasteiger charge is 2.19. The minimum atomic E-state index is -0.187. The number of Topliss-reactive ketones (excluding diaryl/α,β-unsaturated/α-hetero) is 1. The molecule has 2 nitrogen and oxygen atoms in total. The summed E-state index contributed by atoms with van der Waals surface area (Å²) in [6.45, 7) is 5.74. The summed E-state index contributed by atoms with van der Waals surface area (Å²) in [7, 11) is 1.59. The van der Waals surface area contributed by atoms with Gasteiger partial charge in [-0.1, -0.05) is 22.0 Å². The molecule has 0 N–H and O–H groups in total. The maximum absolute atomic E-state index is 11.9. The largest absolute Gasteiger partial charge is 0.496 e. The minimum absolute atomic E-state index is 0.0596. The van der Waals surface area contributed by atoms with Crippen LogP contribution in [0.15, 0.2) is 12.1 Å². The average molecular weight is 271 g/mol. The number of halogens is 1. The summed E-state index contributed by atoms with van der Waals surface area (Å²) in [6, 6.07) is 3.88. The van der Waals surface area contributed by atoms with Crippen LogP contribution in [0.4, 0.5) is 0 Å². The van der Waals surface area contributed by atoms with E-state index in [4.69, 9.17) is 4.74 Å². The zero-order chi connectivity index (χ0) is 11.6. The summed E-state index contributed by atoms with van der Waals surface area (Å²) in [5.74, 6) is 0.716. The Labute approximate surface area is 98.8 Å². The van der Waals surface area contributed by atoms with Crippen molar-refractivity contribution in [2.75, 3.05) is 7.11 Å². The fraction of sp³-hybridized carbons (Fsp3) is 0.417. The van der Waals surface area contributed by atoms with E-state index in [-0.39, 0.29) is 10.6 Å². The molecule has 0 spiro atoms. The van der Waals surface area contributed by atoms with Crippen LogP contribution in [0.1, 0.15) is 28.4 Å². The highest BCUT2D eigenvalue weighted by molar-refractivity contribution is 9.10. The van der Waals surface area contributed by atoms with Crippen molar-refractivity contribution < 1.29 is 9.53 Å². The Balaban J connectivity index is 3.33. The summed E-state index contributed by atoms with van der Waals surface area (Å²) in [6.07, 6.45) is 0. The number of ketones is 1. The van der Waals surface area contributed by atoms with E-state index in [1.165, 1.54) is 0 Å². The van der Waals surface area contributed by atoms with Crippen LogP contribution in [0.5, 0.6) is 5.75 Å². The van der Waals surface area contributed by atoms with Crippen molar-refractivity contribution >= 4 is 21.7 Å². The number of benzene rings is 1. The van der Waals surface area contributed by atoms with Crippen LogP contribution < -0.4 is 4.74 Å². The van der Waals surface area contributed by atoms with E-state index in [1.54, 1.807) is 7.11 Å². The molecule has 3 heteroatoms. The Kier molecular flexibility index (Phi) is 3.91. The molecule has 82 valence electrons. The lowest BCUT2D eigenvalue weighted by molar-refractivity contribution is 0.0992. The van der Waals surface area contributed by atoms with Crippen LogP contribution in [0.2, 0.25) is 0 Å². The number of carbonyl (C=O) groups is 1. The Morgan fingerprint density at radius 2 is 2.00 bits per heavy atom. The molecule has 1 atom stereocenters. The molecule has 1 unspecified atom stereocenters. The molecule has 0 aliphatic rings. The van der Waals surface area contributed by atoms with Crippen molar-refractivity contribution in [1.29, 1.82) is 0 Å². The van der Waals surface area contributed by atoms with Crippen molar-refractivity contribution in [3.05, 3.63) is 28.8 Å². The first-order chi connectivity index (χ1) is 6.97. The van der Waals surface area contributed by atoms with Crippen LogP contribution >= 0.6 is 15.9 Å². The summed E-state index contributed by atoms with van der Waals surface area (Å²) in [4.78, 5) is 11.7. The summed E-state index contributed by atoms with van der Waals surface area (Å²) in [5, 5.41) is 0. The van der Waals surface area contributed by atoms with Crippen LogP contribution in [-0.4, -0.2) is 17.7 Å². The summed E-state index contributed by atoms with van der Waals surface area (Å²) >= 11 is 3.29. The Bertz CT molecular complexity index is 383. The normalized spacial score (nSPS) is 12.3. The van der Waals surface area contributed by atoms with Gasteiger partial charge in [0.1, 0.15) is 5.75 Å². The monoisotopic (exact) mass is 270 g/mol. The second-order valence-corrected chi connectivity index (χ2v) is 5.01. The Morgan fingerprint density at radius 3 is 2.47 bits per heavy atom. The number of aryl methyl sites for hydroxylation is 2. The highest BCUT2D eigenvalue weighted by Crippen LogP contribution is 2.26. The third-order valence-corrected chi connectivity index (χ3v) is 2.69. The van der Waals surface area contributed by atoms with Crippen molar-refractivity contribution in [3.8, 4) is 5.75 Å². The highest BCUT2D eigenvalue weighted by atomic mass is 79.9. The van der Waals surface area contributed by atoms with Gasteiger partial charge in [-0.15, -0.1) is 0 Å². The molecule has 0 saturated heterocycles. The molecule has 0 amide bonds. The molecule has 0 radical (unpaired) electrons. The van der Waals surface area contributed by atoms with Crippen LogP contribution in [-0.2, 0) is 0 Å². The van der Waals surface area contributed by atoms with Crippen molar-refractivity contribution in [3.63, 3.8) is 0 Å². The van der Waals surface area contributed by atoms with E-state index in [2.05, 4.69) is 15.9 Å². The standard InChI is InChI=1S/C12H15BrO2/c1-7-5-8(2)11(10(6-7)15-4)12(14)9(3)13/h5-6,9H,1-4H3. The van der Waals surface area contributed by atoms with Gasteiger partial charge >= 0.3 is 0 Å². The van der Waals surface area contributed by atoms with Gasteiger partial charge in [0.15, 0.2) is 5.78 Å². The topological polar surface area (TPSA) is 26.3 Å². The molecular formula is C12H15BrO2. The number of alkyl halides is 1. The second-order valence-electron chi connectivity index (χ2n) is 3.64. The molecule has 0 saturated carbocycles. The zero-order valence-corrected chi connectivity index (χ0v) is 11.0. The molecule has 0 heterocycles. The molecule has 0 aliphatic heterocycles. The van der Waals surface area contributed by atoms with Gasteiger partial charge in [-0.2, -0.15) is 0 Å². The van der Waals surface area contributed by atoms with Gasteiger partial charge in [0.05, 0.1) is 17.5 Å². The first-order valence-corrected chi connectivity index (χ1v) is 5.72. The predicted octanol–water partition coefficient (Wildman–Crippen LogP) is 3.28. The number of hydrogen-bond acceptors (Lipinski definition) is 2. The van der Waals surface area contributed by atoms with Gasteiger partial charge in [0, 0.05) is 0 Å². The van der Waals surface area contributed by atoms with Crippen molar-refractivity contribution in [2.45, 2.75) is 25.6 Å². The van der Waals surface area contributed by atoms with Crippen molar-refractivity contribution in [1.82, 2.24) is 0 Å². The Hall–Kier alpha value is -0.830. The van der Waals surface area contributed by atoms with Gasteiger partial charge in [-0.05, 0) is 38.0 Å². The lowest BCUT2D eigenvalue weighted by atomic mass is 9.99. The van der Waals surface area contributed by atoms with Crippen molar-refractivity contribution in [2.24, 2.45) is 0 Å².